The van der Waals surface area contributed by atoms with Crippen molar-refractivity contribution in [2.75, 3.05) is 36.0 Å². The largest absolute Gasteiger partial charge is 0.367 e. The molecule has 5 heteroatoms. The van der Waals surface area contributed by atoms with Gasteiger partial charge in [0.15, 0.2) is 0 Å². The van der Waals surface area contributed by atoms with Gasteiger partial charge in [-0.3, -0.25) is 4.98 Å². The molecule has 3 aromatic rings. The van der Waals surface area contributed by atoms with Crippen molar-refractivity contribution in [2.24, 2.45) is 0 Å². The fraction of sp³-hybridized carbons (Fsp3) is 0.235. The van der Waals surface area contributed by atoms with E-state index in [-0.39, 0.29) is 0 Å². The van der Waals surface area contributed by atoms with Gasteiger partial charge in [-0.25, -0.2) is 9.97 Å². The molecule has 0 amide bonds. The number of piperazine rings is 1. The quantitative estimate of drug-likeness (QED) is 0.725. The van der Waals surface area contributed by atoms with Gasteiger partial charge in [-0.05, 0) is 18.2 Å². The van der Waals surface area contributed by atoms with E-state index in [1.165, 1.54) is 11.1 Å². The molecule has 3 heterocycles. The molecule has 1 fully saturated rings. The maximum Gasteiger partial charge on any atom is 0.225 e. The lowest BCUT2D eigenvalue weighted by Crippen LogP contribution is -2.47. The summed E-state index contributed by atoms with van der Waals surface area (Å²) in [6.07, 6.45) is 5.49. The molecule has 0 atom stereocenters. The number of fused-ring (bicyclic) bond motifs is 1. The fourth-order valence-corrected chi connectivity index (χ4v) is 2.96. The van der Waals surface area contributed by atoms with Crippen molar-refractivity contribution in [1.82, 2.24) is 15.0 Å². The number of rotatable bonds is 2. The van der Waals surface area contributed by atoms with Crippen LogP contribution in [-0.4, -0.2) is 41.1 Å². The van der Waals surface area contributed by atoms with E-state index in [1.54, 1.807) is 12.4 Å². The molecule has 1 aliphatic heterocycles. The average molecular weight is 291 g/mol. The summed E-state index contributed by atoms with van der Waals surface area (Å²) in [5, 5.41) is 1.22. The van der Waals surface area contributed by atoms with Crippen molar-refractivity contribution in [3.63, 3.8) is 0 Å². The third-order valence-electron chi connectivity index (χ3n) is 4.08. The molecule has 110 valence electrons. The summed E-state index contributed by atoms with van der Waals surface area (Å²) in [6.45, 7) is 3.79. The number of hydrogen-bond acceptors (Lipinski definition) is 5. The summed E-state index contributed by atoms with van der Waals surface area (Å²) in [7, 11) is 0. The van der Waals surface area contributed by atoms with Crippen LogP contribution in [0.3, 0.4) is 0 Å². The van der Waals surface area contributed by atoms with Crippen molar-refractivity contribution >= 4 is 22.5 Å². The van der Waals surface area contributed by atoms with Crippen LogP contribution < -0.4 is 9.80 Å². The van der Waals surface area contributed by atoms with Crippen LogP contribution in [0.5, 0.6) is 0 Å². The lowest BCUT2D eigenvalue weighted by Gasteiger charge is -2.36. The normalized spacial score (nSPS) is 15.3. The van der Waals surface area contributed by atoms with E-state index >= 15 is 0 Å². The maximum atomic E-state index is 4.44. The van der Waals surface area contributed by atoms with Crippen LogP contribution in [0.15, 0.2) is 55.0 Å². The Labute approximate surface area is 129 Å². The highest BCUT2D eigenvalue weighted by molar-refractivity contribution is 5.91. The lowest BCUT2D eigenvalue weighted by molar-refractivity contribution is 0.641. The first kappa shape index (κ1) is 13.0. The third-order valence-corrected chi connectivity index (χ3v) is 4.08. The minimum atomic E-state index is 0.821. The Balaban J connectivity index is 1.56. The highest BCUT2D eigenvalue weighted by Crippen LogP contribution is 2.26. The monoisotopic (exact) mass is 291 g/mol. The van der Waals surface area contributed by atoms with Crippen LogP contribution in [-0.2, 0) is 0 Å². The second kappa shape index (κ2) is 5.60. The van der Waals surface area contributed by atoms with E-state index in [2.05, 4.69) is 49.0 Å². The van der Waals surface area contributed by atoms with Crippen LogP contribution in [0.25, 0.3) is 10.9 Å². The molecule has 0 spiro atoms. The molecule has 1 aromatic carbocycles. The summed E-state index contributed by atoms with van der Waals surface area (Å²) < 4.78 is 0. The molecule has 0 N–H and O–H groups in total. The van der Waals surface area contributed by atoms with E-state index in [0.29, 0.717) is 0 Å². The molecule has 5 nitrogen and oxygen atoms in total. The van der Waals surface area contributed by atoms with Crippen LogP contribution >= 0.6 is 0 Å². The Morgan fingerprint density at radius 3 is 2.23 bits per heavy atom. The van der Waals surface area contributed by atoms with Crippen LogP contribution in [0, 0.1) is 0 Å². The standard InChI is InChI=1S/C17H17N5/c1-2-5-15-14(4-1)16(6-9-18-15)21-10-12-22(13-11-21)17-19-7-3-8-20-17/h1-9H,10-13H2. The maximum absolute atomic E-state index is 4.44. The number of anilines is 2. The summed E-state index contributed by atoms with van der Waals surface area (Å²) in [4.78, 5) is 17.8. The Bertz CT molecular complexity index is 761. The molecular weight excluding hydrogens is 274 g/mol. The van der Waals surface area contributed by atoms with Crippen molar-refractivity contribution < 1.29 is 0 Å². The number of pyridine rings is 1. The molecule has 0 bridgehead atoms. The van der Waals surface area contributed by atoms with Gasteiger partial charge in [-0.2, -0.15) is 0 Å². The summed E-state index contributed by atoms with van der Waals surface area (Å²) in [5.74, 6) is 0.821. The van der Waals surface area contributed by atoms with Gasteiger partial charge in [0.05, 0.1) is 5.52 Å². The highest BCUT2D eigenvalue weighted by atomic mass is 15.3. The number of benzene rings is 1. The molecular formula is C17H17N5. The van der Waals surface area contributed by atoms with Crippen molar-refractivity contribution in [1.29, 1.82) is 0 Å². The highest BCUT2D eigenvalue weighted by Gasteiger charge is 2.20. The van der Waals surface area contributed by atoms with Gasteiger partial charge in [0.1, 0.15) is 0 Å². The zero-order valence-corrected chi connectivity index (χ0v) is 12.3. The van der Waals surface area contributed by atoms with E-state index in [1.807, 2.05) is 18.3 Å². The van der Waals surface area contributed by atoms with Gasteiger partial charge < -0.3 is 9.80 Å². The first-order valence-electron chi connectivity index (χ1n) is 7.52. The van der Waals surface area contributed by atoms with Gasteiger partial charge >= 0.3 is 0 Å². The minimum Gasteiger partial charge on any atom is -0.367 e. The number of hydrogen-bond donors (Lipinski definition) is 0. The zero-order valence-electron chi connectivity index (χ0n) is 12.3. The van der Waals surface area contributed by atoms with Gasteiger partial charge in [-0.15, -0.1) is 0 Å². The molecule has 2 aromatic heterocycles. The van der Waals surface area contributed by atoms with Crippen LogP contribution in [0.2, 0.25) is 0 Å². The molecule has 22 heavy (non-hydrogen) atoms. The second-order valence-corrected chi connectivity index (χ2v) is 5.37. The SMILES string of the molecule is c1cnc(N2CCN(c3ccnc4ccccc34)CC2)nc1. The molecule has 0 saturated carbocycles. The number of nitrogens with zero attached hydrogens (tertiary/aromatic N) is 5. The molecule has 0 unspecified atom stereocenters. The minimum absolute atomic E-state index is 0.821. The van der Waals surface area contributed by atoms with Crippen molar-refractivity contribution in [3.8, 4) is 0 Å². The van der Waals surface area contributed by atoms with E-state index in [0.717, 1.165) is 37.6 Å². The molecule has 1 saturated heterocycles. The first-order chi connectivity index (χ1) is 10.9. The van der Waals surface area contributed by atoms with E-state index in [9.17, 15) is 0 Å². The molecule has 0 radical (unpaired) electrons. The number of aromatic nitrogens is 3. The zero-order chi connectivity index (χ0) is 14.8. The fourth-order valence-electron chi connectivity index (χ4n) is 2.96. The van der Waals surface area contributed by atoms with E-state index in [4.69, 9.17) is 0 Å². The van der Waals surface area contributed by atoms with Gasteiger partial charge in [-0.1, -0.05) is 18.2 Å². The van der Waals surface area contributed by atoms with Gasteiger partial charge in [0.2, 0.25) is 5.95 Å². The van der Waals surface area contributed by atoms with Gasteiger partial charge in [0.25, 0.3) is 0 Å². The third kappa shape index (κ3) is 2.35. The number of para-hydroxylation sites is 1. The van der Waals surface area contributed by atoms with Crippen LogP contribution in [0.1, 0.15) is 0 Å². The first-order valence-corrected chi connectivity index (χ1v) is 7.52. The summed E-state index contributed by atoms with van der Waals surface area (Å²) in [5.41, 5.74) is 2.31. The Kier molecular flexibility index (Phi) is 3.31. The molecule has 0 aliphatic carbocycles. The summed E-state index contributed by atoms with van der Waals surface area (Å²) >= 11 is 0. The molecule has 4 rings (SSSR count). The topological polar surface area (TPSA) is 45.2 Å². The van der Waals surface area contributed by atoms with Crippen molar-refractivity contribution in [3.05, 3.63) is 55.0 Å². The lowest BCUT2D eigenvalue weighted by atomic mass is 10.1. The van der Waals surface area contributed by atoms with Crippen LogP contribution in [0.4, 0.5) is 11.6 Å². The Morgan fingerprint density at radius 2 is 1.41 bits per heavy atom. The van der Waals surface area contributed by atoms with Gasteiger partial charge in [0, 0.05) is 55.8 Å². The molecule has 1 aliphatic rings. The predicted octanol–water partition coefficient (Wildman–Crippen LogP) is 2.35. The average Bonchev–Trinajstić information content (AvgIpc) is 2.62. The summed E-state index contributed by atoms with van der Waals surface area (Å²) in [6, 6.07) is 12.3. The predicted molar refractivity (Wildman–Crippen MR) is 88.2 cm³/mol. The van der Waals surface area contributed by atoms with E-state index < -0.39 is 0 Å². The van der Waals surface area contributed by atoms with Crippen molar-refractivity contribution in [2.45, 2.75) is 0 Å². The smallest absolute Gasteiger partial charge is 0.225 e. The Morgan fingerprint density at radius 1 is 0.682 bits per heavy atom. The second-order valence-electron chi connectivity index (χ2n) is 5.37. The Hall–Kier alpha value is -2.69.